The maximum atomic E-state index is 13.1. The van der Waals surface area contributed by atoms with Crippen LogP contribution in [0.3, 0.4) is 0 Å². The first-order valence-electron chi connectivity index (χ1n) is 7.58. The molecule has 0 bridgehead atoms. The Morgan fingerprint density at radius 2 is 1.96 bits per heavy atom. The lowest BCUT2D eigenvalue weighted by Crippen LogP contribution is -2.47. The van der Waals surface area contributed by atoms with E-state index in [1.807, 2.05) is 13.8 Å². The number of nitrogens with zero attached hydrogens (tertiary/aromatic N) is 1. The Kier molecular flexibility index (Phi) is 5.01. The third kappa shape index (κ3) is 3.35. The molecule has 128 valence electrons. The Labute approximate surface area is 137 Å². The number of hydrogen-bond donors (Lipinski definition) is 1. The highest BCUT2D eigenvalue weighted by atomic mass is 32.2. The van der Waals surface area contributed by atoms with Gasteiger partial charge >= 0.3 is 5.97 Å². The van der Waals surface area contributed by atoms with Crippen LogP contribution in [-0.2, 0) is 14.8 Å². The number of aliphatic carboxylic acids is 1. The second-order valence-electron chi connectivity index (χ2n) is 6.15. The minimum Gasteiger partial charge on any atom is -0.495 e. The van der Waals surface area contributed by atoms with Crippen molar-refractivity contribution in [1.29, 1.82) is 0 Å². The Hall–Kier alpha value is -1.60. The molecule has 23 heavy (non-hydrogen) atoms. The van der Waals surface area contributed by atoms with Gasteiger partial charge in [0.05, 0.1) is 13.0 Å². The molecule has 0 radical (unpaired) electrons. The quantitative estimate of drug-likeness (QED) is 0.907. The van der Waals surface area contributed by atoms with Gasteiger partial charge in [0.2, 0.25) is 10.0 Å². The van der Waals surface area contributed by atoms with Crippen molar-refractivity contribution in [2.75, 3.05) is 13.7 Å². The van der Waals surface area contributed by atoms with Crippen LogP contribution in [0.25, 0.3) is 0 Å². The van der Waals surface area contributed by atoms with Crippen molar-refractivity contribution in [3.63, 3.8) is 0 Å². The van der Waals surface area contributed by atoms with E-state index < -0.39 is 21.9 Å². The second kappa shape index (κ2) is 6.49. The molecule has 2 atom stereocenters. The zero-order valence-corrected chi connectivity index (χ0v) is 14.7. The van der Waals surface area contributed by atoms with Crippen molar-refractivity contribution in [1.82, 2.24) is 4.31 Å². The number of sulfonamides is 1. The summed E-state index contributed by atoms with van der Waals surface area (Å²) in [4.78, 5) is 11.4. The number of aryl methyl sites for hydroxylation is 2. The molecule has 6 nitrogen and oxygen atoms in total. The van der Waals surface area contributed by atoms with Crippen molar-refractivity contribution in [2.45, 2.75) is 44.6 Å². The van der Waals surface area contributed by atoms with E-state index in [4.69, 9.17) is 4.74 Å². The Balaban J connectivity index is 2.51. The van der Waals surface area contributed by atoms with E-state index >= 15 is 0 Å². The lowest BCUT2D eigenvalue weighted by Gasteiger charge is -2.36. The van der Waals surface area contributed by atoms with Crippen LogP contribution in [0.15, 0.2) is 17.0 Å². The predicted octanol–water partition coefficient (Wildman–Crippen LogP) is 2.19. The summed E-state index contributed by atoms with van der Waals surface area (Å²) in [5.74, 6) is -1.32. The van der Waals surface area contributed by atoms with E-state index in [2.05, 4.69) is 0 Å². The average Bonchev–Trinajstić information content (AvgIpc) is 2.45. The first kappa shape index (κ1) is 17.7. The fourth-order valence-corrected chi connectivity index (χ4v) is 5.18. The highest BCUT2D eigenvalue weighted by molar-refractivity contribution is 7.89. The maximum absolute atomic E-state index is 13.1. The van der Waals surface area contributed by atoms with Crippen LogP contribution in [0.1, 0.15) is 30.9 Å². The Morgan fingerprint density at radius 1 is 1.30 bits per heavy atom. The van der Waals surface area contributed by atoms with Crippen LogP contribution in [0.4, 0.5) is 0 Å². The second-order valence-corrected chi connectivity index (χ2v) is 7.98. The third-order valence-corrected chi connectivity index (χ3v) is 6.51. The molecule has 1 aromatic carbocycles. The molecule has 0 spiro atoms. The third-order valence-electron chi connectivity index (χ3n) is 4.35. The van der Waals surface area contributed by atoms with Crippen molar-refractivity contribution in [2.24, 2.45) is 5.92 Å². The molecule has 1 aromatic rings. The smallest absolute Gasteiger partial charge is 0.307 e. The highest BCUT2D eigenvalue weighted by Crippen LogP contribution is 2.35. The number of ether oxygens (including phenoxy) is 1. The van der Waals surface area contributed by atoms with Gasteiger partial charge < -0.3 is 9.84 Å². The van der Waals surface area contributed by atoms with E-state index in [0.717, 1.165) is 5.56 Å². The van der Waals surface area contributed by atoms with E-state index in [-0.39, 0.29) is 17.5 Å². The number of carboxylic acid groups (broad SMARTS) is 1. The molecular weight excluding hydrogens is 318 g/mol. The summed E-state index contributed by atoms with van der Waals surface area (Å²) < 4.78 is 32.8. The lowest BCUT2D eigenvalue weighted by atomic mass is 9.96. The van der Waals surface area contributed by atoms with Crippen LogP contribution < -0.4 is 4.74 Å². The summed E-state index contributed by atoms with van der Waals surface area (Å²) in [5.41, 5.74) is 1.51. The van der Waals surface area contributed by atoms with Crippen molar-refractivity contribution in [3.05, 3.63) is 23.3 Å². The van der Waals surface area contributed by atoms with Gasteiger partial charge in [0.1, 0.15) is 10.6 Å². The van der Waals surface area contributed by atoms with Gasteiger partial charge in [-0.05, 0) is 50.8 Å². The summed E-state index contributed by atoms with van der Waals surface area (Å²) in [5, 5.41) is 9.22. The van der Waals surface area contributed by atoms with Crippen molar-refractivity contribution >= 4 is 16.0 Å². The van der Waals surface area contributed by atoms with Crippen LogP contribution in [0.2, 0.25) is 0 Å². The van der Waals surface area contributed by atoms with E-state index in [0.29, 0.717) is 24.2 Å². The Morgan fingerprint density at radius 3 is 2.52 bits per heavy atom. The Bertz CT molecular complexity index is 713. The topological polar surface area (TPSA) is 83.9 Å². The molecule has 1 fully saturated rings. The number of methoxy groups -OCH3 is 1. The van der Waals surface area contributed by atoms with E-state index in [1.54, 1.807) is 19.1 Å². The highest BCUT2D eigenvalue weighted by Gasteiger charge is 2.39. The van der Waals surface area contributed by atoms with Gasteiger partial charge in [-0.1, -0.05) is 6.07 Å². The first-order chi connectivity index (χ1) is 10.7. The molecule has 0 saturated carbocycles. The minimum absolute atomic E-state index is 0.00466. The van der Waals surface area contributed by atoms with E-state index in [9.17, 15) is 18.3 Å². The molecule has 1 aliphatic heterocycles. The zero-order chi connectivity index (χ0) is 17.4. The van der Waals surface area contributed by atoms with Crippen LogP contribution in [-0.4, -0.2) is 43.5 Å². The number of carboxylic acids is 1. The van der Waals surface area contributed by atoms with Crippen molar-refractivity contribution < 1.29 is 23.1 Å². The van der Waals surface area contributed by atoms with Gasteiger partial charge in [-0.15, -0.1) is 0 Å². The average molecular weight is 341 g/mol. The summed E-state index contributed by atoms with van der Waals surface area (Å²) in [6.07, 6.45) is 1.02. The molecular formula is C16H23NO5S. The number of piperidine rings is 1. The summed E-state index contributed by atoms with van der Waals surface area (Å²) in [6, 6.07) is 3.24. The van der Waals surface area contributed by atoms with Gasteiger partial charge in [0, 0.05) is 12.6 Å². The molecule has 0 amide bonds. The molecule has 2 unspecified atom stereocenters. The largest absolute Gasteiger partial charge is 0.495 e. The normalized spacial score (nSPS) is 22.8. The SMILES string of the molecule is COc1cc(C)cc(C)c1S(=O)(=O)N1CC(C(=O)O)CCC1C. The fourth-order valence-electron chi connectivity index (χ4n) is 3.13. The number of carbonyl (C=O) groups is 1. The molecule has 1 N–H and O–H groups in total. The number of rotatable bonds is 4. The molecule has 0 aliphatic carbocycles. The minimum atomic E-state index is -3.82. The molecule has 2 rings (SSSR count). The summed E-state index contributed by atoms with van der Waals surface area (Å²) in [6.45, 7) is 5.41. The van der Waals surface area contributed by atoms with Crippen LogP contribution in [0, 0.1) is 19.8 Å². The summed E-state index contributed by atoms with van der Waals surface area (Å²) >= 11 is 0. The first-order valence-corrected chi connectivity index (χ1v) is 9.02. The maximum Gasteiger partial charge on any atom is 0.307 e. The predicted molar refractivity (Wildman–Crippen MR) is 86.2 cm³/mol. The molecule has 0 aromatic heterocycles. The van der Waals surface area contributed by atoms with Crippen LogP contribution >= 0.6 is 0 Å². The summed E-state index contributed by atoms with van der Waals surface area (Å²) in [7, 11) is -2.39. The monoisotopic (exact) mass is 341 g/mol. The fraction of sp³-hybridized carbons (Fsp3) is 0.562. The number of benzene rings is 1. The number of hydrogen-bond acceptors (Lipinski definition) is 4. The molecule has 1 saturated heterocycles. The van der Waals surface area contributed by atoms with Gasteiger partial charge in [-0.2, -0.15) is 4.31 Å². The zero-order valence-electron chi connectivity index (χ0n) is 13.9. The van der Waals surface area contributed by atoms with E-state index in [1.165, 1.54) is 11.4 Å². The lowest BCUT2D eigenvalue weighted by molar-refractivity contribution is -0.143. The van der Waals surface area contributed by atoms with Crippen molar-refractivity contribution in [3.8, 4) is 5.75 Å². The molecule has 1 heterocycles. The molecule has 1 aliphatic rings. The van der Waals surface area contributed by atoms with Gasteiger partial charge in [0.25, 0.3) is 0 Å². The molecule has 7 heteroatoms. The van der Waals surface area contributed by atoms with Gasteiger partial charge in [-0.3, -0.25) is 4.79 Å². The van der Waals surface area contributed by atoms with Gasteiger partial charge in [-0.25, -0.2) is 8.42 Å². The standard InChI is InChI=1S/C16H23NO5S/c1-10-7-11(2)15(14(8-10)22-4)23(20,21)17-9-13(16(18)19)6-5-12(17)3/h7-8,12-13H,5-6,9H2,1-4H3,(H,18,19). The van der Waals surface area contributed by atoms with Crippen LogP contribution in [0.5, 0.6) is 5.75 Å². The van der Waals surface area contributed by atoms with Gasteiger partial charge in [0.15, 0.2) is 0 Å².